The number of nitrogens with zero attached hydrogens (tertiary/aromatic N) is 2. The maximum absolute atomic E-state index is 5.33. The van der Waals surface area contributed by atoms with Crippen LogP contribution in [0, 0.1) is 5.92 Å². The Morgan fingerprint density at radius 2 is 2.25 bits per heavy atom. The van der Waals surface area contributed by atoms with E-state index in [0.717, 1.165) is 31.8 Å². The standard InChI is InChI=1S/C12H23N3O/c1-5-13-8-10(3)7-11-12(16-4)9-14-15(11)6-2/h9-10,13H,5-8H2,1-4H3. The van der Waals surface area contributed by atoms with E-state index in [0.29, 0.717) is 5.92 Å². The van der Waals surface area contributed by atoms with Crippen molar-refractivity contribution >= 4 is 0 Å². The highest BCUT2D eigenvalue weighted by Gasteiger charge is 2.13. The molecule has 0 amide bonds. The van der Waals surface area contributed by atoms with Crippen molar-refractivity contribution in [1.29, 1.82) is 0 Å². The quantitative estimate of drug-likeness (QED) is 0.767. The van der Waals surface area contributed by atoms with Crippen LogP contribution < -0.4 is 10.1 Å². The lowest BCUT2D eigenvalue weighted by Gasteiger charge is -2.13. The van der Waals surface area contributed by atoms with Crippen LogP contribution in [0.4, 0.5) is 0 Å². The van der Waals surface area contributed by atoms with E-state index in [2.05, 4.69) is 31.2 Å². The van der Waals surface area contributed by atoms with Crippen LogP contribution in [0.3, 0.4) is 0 Å². The minimum atomic E-state index is 0.593. The third-order valence-corrected chi connectivity index (χ3v) is 2.71. The Morgan fingerprint density at radius 3 is 2.81 bits per heavy atom. The first kappa shape index (κ1) is 13.0. The van der Waals surface area contributed by atoms with Gasteiger partial charge in [-0.15, -0.1) is 0 Å². The summed E-state index contributed by atoms with van der Waals surface area (Å²) in [5, 5.41) is 7.67. The molecule has 0 aromatic carbocycles. The van der Waals surface area contributed by atoms with Gasteiger partial charge < -0.3 is 10.1 Å². The zero-order chi connectivity index (χ0) is 12.0. The van der Waals surface area contributed by atoms with Crippen LogP contribution in [-0.4, -0.2) is 30.0 Å². The Balaban J connectivity index is 2.66. The molecule has 0 spiro atoms. The average Bonchev–Trinajstić information content (AvgIpc) is 2.68. The zero-order valence-corrected chi connectivity index (χ0v) is 10.8. The van der Waals surface area contributed by atoms with Crippen LogP contribution in [0.1, 0.15) is 26.5 Å². The number of ether oxygens (including phenoxy) is 1. The largest absolute Gasteiger partial charge is 0.493 e. The topological polar surface area (TPSA) is 39.1 Å². The molecule has 92 valence electrons. The number of rotatable bonds is 7. The summed E-state index contributed by atoms with van der Waals surface area (Å²) in [7, 11) is 1.70. The van der Waals surface area contributed by atoms with Crippen molar-refractivity contribution in [2.24, 2.45) is 5.92 Å². The number of aryl methyl sites for hydroxylation is 1. The molecule has 1 aromatic heterocycles. The molecule has 0 radical (unpaired) electrons. The van der Waals surface area contributed by atoms with Gasteiger partial charge in [0, 0.05) is 6.54 Å². The Labute approximate surface area is 98.0 Å². The molecule has 1 rings (SSSR count). The summed E-state index contributed by atoms with van der Waals surface area (Å²) >= 11 is 0. The minimum absolute atomic E-state index is 0.593. The molecular weight excluding hydrogens is 202 g/mol. The molecule has 1 unspecified atom stereocenters. The van der Waals surface area contributed by atoms with Crippen LogP contribution in [-0.2, 0) is 13.0 Å². The van der Waals surface area contributed by atoms with Crippen molar-refractivity contribution in [3.63, 3.8) is 0 Å². The lowest BCUT2D eigenvalue weighted by Crippen LogP contribution is -2.23. The van der Waals surface area contributed by atoms with Crippen LogP contribution in [0.5, 0.6) is 5.75 Å². The number of hydrogen-bond acceptors (Lipinski definition) is 3. The van der Waals surface area contributed by atoms with Crippen molar-refractivity contribution in [2.75, 3.05) is 20.2 Å². The molecule has 0 bridgehead atoms. The van der Waals surface area contributed by atoms with Gasteiger partial charge in [0.05, 0.1) is 19.0 Å². The van der Waals surface area contributed by atoms with Gasteiger partial charge in [-0.05, 0) is 32.4 Å². The fourth-order valence-electron chi connectivity index (χ4n) is 1.84. The van der Waals surface area contributed by atoms with Gasteiger partial charge in [-0.3, -0.25) is 4.68 Å². The van der Waals surface area contributed by atoms with Crippen molar-refractivity contribution in [1.82, 2.24) is 15.1 Å². The molecule has 0 aliphatic heterocycles. The minimum Gasteiger partial charge on any atom is -0.493 e. The first-order chi connectivity index (χ1) is 7.72. The number of methoxy groups -OCH3 is 1. The fraction of sp³-hybridized carbons (Fsp3) is 0.750. The fourth-order valence-corrected chi connectivity index (χ4v) is 1.84. The van der Waals surface area contributed by atoms with Crippen LogP contribution >= 0.6 is 0 Å². The normalized spacial score (nSPS) is 12.8. The summed E-state index contributed by atoms with van der Waals surface area (Å²) in [5.41, 5.74) is 1.20. The second-order valence-electron chi connectivity index (χ2n) is 4.09. The van der Waals surface area contributed by atoms with Gasteiger partial charge in [-0.1, -0.05) is 13.8 Å². The van der Waals surface area contributed by atoms with Crippen molar-refractivity contribution in [3.8, 4) is 5.75 Å². The van der Waals surface area contributed by atoms with Crippen molar-refractivity contribution in [3.05, 3.63) is 11.9 Å². The average molecular weight is 225 g/mol. The molecular formula is C12H23N3O. The molecule has 0 fully saturated rings. The Morgan fingerprint density at radius 1 is 1.50 bits per heavy atom. The highest BCUT2D eigenvalue weighted by Crippen LogP contribution is 2.20. The van der Waals surface area contributed by atoms with Gasteiger partial charge in [-0.2, -0.15) is 5.10 Å². The smallest absolute Gasteiger partial charge is 0.159 e. The molecule has 1 atom stereocenters. The molecule has 1 N–H and O–H groups in total. The predicted octanol–water partition coefficient (Wildman–Crippen LogP) is 1.70. The molecule has 4 nitrogen and oxygen atoms in total. The third-order valence-electron chi connectivity index (χ3n) is 2.71. The number of hydrogen-bond donors (Lipinski definition) is 1. The van der Waals surface area contributed by atoms with Gasteiger partial charge in [-0.25, -0.2) is 0 Å². The maximum atomic E-state index is 5.33. The summed E-state index contributed by atoms with van der Waals surface area (Å²) in [6.07, 6.45) is 2.81. The highest BCUT2D eigenvalue weighted by molar-refractivity contribution is 5.25. The second kappa shape index (κ2) is 6.53. The van der Waals surface area contributed by atoms with Gasteiger partial charge in [0.2, 0.25) is 0 Å². The summed E-state index contributed by atoms with van der Waals surface area (Å²) in [6.45, 7) is 9.43. The first-order valence-electron chi connectivity index (χ1n) is 6.02. The molecule has 0 aliphatic rings. The van der Waals surface area contributed by atoms with E-state index >= 15 is 0 Å². The first-order valence-corrected chi connectivity index (χ1v) is 6.02. The van der Waals surface area contributed by atoms with Gasteiger partial charge in [0.25, 0.3) is 0 Å². The lowest BCUT2D eigenvalue weighted by atomic mass is 10.1. The Kier molecular flexibility index (Phi) is 5.32. The molecule has 1 heterocycles. The van der Waals surface area contributed by atoms with E-state index in [-0.39, 0.29) is 0 Å². The predicted molar refractivity (Wildman–Crippen MR) is 65.9 cm³/mol. The van der Waals surface area contributed by atoms with Gasteiger partial charge in [0.15, 0.2) is 5.75 Å². The van der Waals surface area contributed by atoms with Crippen LogP contribution in [0.2, 0.25) is 0 Å². The van der Waals surface area contributed by atoms with Crippen molar-refractivity contribution < 1.29 is 4.74 Å². The SMILES string of the molecule is CCNCC(C)Cc1c(OC)cnn1CC. The molecule has 16 heavy (non-hydrogen) atoms. The Hall–Kier alpha value is -1.03. The zero-order valence-electron chi connectivity index (χ0n) is 10.8. The van der Waals surface area contributed by atoms with Gasteiger partial charge in [0.1, 0.15) is 0 Å². The summed E-state index contributed by atoms with van der Waals surface area (Å²) in [5.74, 6) is 1.50. The third kappa shape index (κ3) is 3.23. The van der Waals surface area contributed by atoms with E-state index in [1.807, 2.05) is 4.68 Å². The second-order valence-corrected chi connectivity index (χ2v) is 4.09. The van der Waals surface area contributed by atoms with Crippen LogP contribution in [0.25, 0.3) is 0 Å². The molecule has 1 aromatic rings. The molecule has 0 saturated heterocycles. The summed E-state index contributed by atoms with van der Waals surface area (Å²) in [6, 6.07) is 0. The van der Waals surface area contributed by atoms with E-state index in [1.54, 1.807) is 13.3 Å². The summed E-state index contributed by atoms with van der Waals surface area (Å²) in [4.78, 5) is 0. The lowest BCUT2D eigenvalue weighted by molar-refractivity contribution is 0.399. The maximum Gasteiger partial charge on any atom is 0.159 e. The van der Waals surface area contributed by atoms with E-state index in [4.69, 9.17) is 4.74 Å². The molecule has 0 saturated carbocycles. The monoisotopic (exact) mass is 225 g/mol. The van der Waals surface area contributed by atoms with Crippen LogP contribution in [0.15, 0.2) is 6.20 Å². The molecule has 0 aliphatic carbocycles. The van der Waals surface area contributed by atoms with Crippen molar-refractivity contribution in [2.45, 2.75) is 33.7 Å². The van der Waals surface area contributed by atoms with E-state index < -0.39 is 0 Å². The number of nitrogens with one attached hydrogen (secondary N) is 1. The Bertz CT molecular complexity index is 288. The summed E-state index contributed by atoms with van der Waals surface area (Å²) < 4.78 is 7.34. The highest BCUT2D eigenvalue weighted by atomic mass is 16.5. The number of aromatic nitrogens is 2. The molecule has 4 heteroatoms. The van der Waals surface area contributed by atoms with E-state index in [9.17, 15) is 0 Å². The van der Waals surface area contributed by atoms with E-state index in [1.165, 1.54) is 5.69 Å². The van der Waals surface area contributed by atoms with Gasteiger partial charge >= 0.3 is 0 Å².